The molecule has 2 atom stereocenters. The molecule has 0 spiro atoms. The molecule has 80 heavy (non-hydrogen) atoms. The zero-order valence-electron chi connectivity index (χ0n) is 54.4. The molecular formula is C70H139NO8P+. The third-order valence-electron chi connectivity index (χ3n) is 16.3. The SMILES string of the molecule is CCCCCCCCCC/C=C\CCCCCCCCCCCCCCCCCCCCCCCCCC(=O)OC(COC(=O)CCCCCCCCCCCCCCCCCCCCCCC)COP(=O)(O)OCC[N+](C)(C)C. The summed E-state index contributed by atoms with van der Waals surface area (Å²) in [5, 5.41) is 0. The highest BCUT2D eigenvalue weighted by Gasteiger charge is 2.27. The Morgan fingerprint density at radius 1 is 0.375 bits per heavy atom. The van der Waals surface area contributed by atoms with Crippen LogP contribution in [0.3, 0.4) is 0 Å². The molecule has 476 valence electrons. The number of ether oxygens (including phenoxy) is 2. The first-order chi connectivity index (χ1) is 39.0. The lowest BCUT2D eigenvalue weighted by Gasteiger charge is -2.24. The second-order valence-electron chi connectivity index (χ2n) is 25.6. The topological polar surface area (TPSA) is 108 Å². The van der Waals surface area contributed by atoms with Crippen LogP contribution in [0.5, 0.6) is 0 Å². The second kappa shape index (κ2) is 62.3. The molecule has 0 fully saturated rings. The lowest BCUT2D eigenvalue weighted by Crippen LogP contribution is -2.37. The number of hydrogen-bond acceptors (Lipinski definition) is 7. The van der Waals surface area contributed by atoms with Crippen molar-refractivity contribution in [2.45, 2.75) is 380 Å². The number of allylic oxidation sites excluding steroid dienone is 2. The molecule has 0 saturated heterocycles. The Balaban J connectivity index is 3.93. The highest BCUT2D eigenvalue weighted by atomic mass is 31.2. The van der Waals surface area contributed by atoms with Gasteiger partial charge in [-0.15, -0.1) is 0 Å². The smallest absolute Gasteiger partial charge is 0.462 e. The second-order valence-corrected chi connectivity index (χ2v) is 27.1. The highest BCUT2D eigenvalue weighted by Crippen LogP contribution is 2.43. The summed E-state index contributed by atoms with van der Waals surface area (Å²) in [6, 6.07) is 0. The van der Waals surface area contributed by atoms with E-state index in [4.69, 9.17) is 18.5 Å². The average molecular weight is 1150 g/mol. The van der Waals surface area contributed by atoms with E-state index in [0.29, 0.717) is 17.4 Å². The van der Waals surface area contributed by atoms with Crippen molar-refractivity contribution in [2.75, 3.05) is 47.5 Å². The van der Waals surface area contributed by atoms with Crippen molar-refractivity contribution in [3.63, 3.8) is 0 Å². The van der Waals surface area contributed by atoms with E-state index in [9.17, 15) is 19.0 Å². The first-order valence-corrected chi connectivity index (χ1v) is 36.9. The molecule has 0 aliphatic carbocycles. The maximum atomic E-state index is 12.9. The summed E-state index contributed by atoms with van der Waals surface area (Å²) >= 11 is 0. The molecule has 2 unspecified atom stereocenters. The number of hydrogen-bond donors (Lipinski definition) is 1. The van der Waals surface area contributed by atoms with E-state index in [1.165, 1.54) is 308 Å². The van der Waals surface area contributed by atoms with Gasteiger partial charge in [0.1, 0.15) is 19.8 Å². The number of rotatable bonds is 67. The van der Waals surface area contributed by atoms with Crippen molar-refractivity contribution in [1.29, 1.82) is 0 Å². The van der Waals surface area contributed by atoms with E-state index in [1.54, 1.807) is 0 Å². The number of nitrogens with zero attached hydrogens (tertiary/aromatic N) is 1. The number of likely N-dealkylation sites (N-methyl/N-ethyl adjacent to an activating group) is 1. The molecule has 10 heteroatoms. The lowest BCUT2D eigenvalue weighted by molar-refractivity contribution is -0.870. The van der Waals surface area contributed by atoms with Crippen molar-refractivity contribution >= 4 is 19.8 Å². The fraction of sp³-hybridized carbons (Fsp3) is 0.943. The molecule has 0 amide bonds. The minimum atomic E-state index is -4.38. The molecule has 1 N–H and O–H groups in total. The molecule has 9 nitrogen and oxygen atoms in total. The summed E-state index contributed by atoms with van der Waals surface area (Å²) in [6.07, 6.45) is 76.2. The third kappa shape index (κ3) is 65.9. The minimum absolute atomic E-state index is 0.0368. The first kappa shape index (κ1) is 78.8. The van der Waals surface area contributed by atoms with E-state index >= 15 is 0 Å². The van der Waals surface area contributed by atoms with Gasteiger partial charge in [0.2, 0.25) is 0 Å². The number of phosphoric ester groups is 1. The first-order valence-electron chi connectivity index (χ1n) is 35.4. The normalized spacial score (nSPS) is 13.1. The van der Waals surface area contributed by atoms with Crippen molar-refractivity contribution < 1.29 is 42.1 Å². The number of quaternary nitrogens is 1. The summed E-state index contributed by atoms with van der Waals surface area (Å²) in [5.74, 6) is -0.770. The van der Waals surface area contributed by atoms with Crippen LogP contribution in [0.2, 0.25) is 0 Å². The van der Waals surface area contributed by atoms with Crippen molar-refractivity contribution in [3.8, 4) is 0 Å². The van der Waals surface area contributed by atoms with E-state index in [1.807, 2.05) is 21.1 Å². The molecule has 0 aliphatic heterocycles. The van der Waals surface area contributed by atoms with Crippen LogP contribution in [-0.2, 0) is 32.7 Å². The van der Waals surface area contributed by atoms with Gasteiger partial charge in [-0.25, -0.2) is 4.57 Å². The van der Waals surface area contributed by atoms with E-state index in [-0.39, 0.29) is 25.6 Å². The summed E-state index contributed by atoms with van der Waals surface area (Å²) < 4.78 is 34.7. The molecule has 0 bridgehead atoms. The molecule has 0 aliphatic rings. The molecule has 0 aromatic rings. The molecule has 0 rings (SSSR count). The Morgan fingerprint density at radius 3 is 0.925 bits per heavy atom. The van der Waals surface area contributed by atoms with Crippen LogP contribution in [0.1, 0.15) is 373 Å². The van der Waals surface area contributed by atoms with Crippen molar-refractivity contribution in [3.05, 3.63) is 12.2 Å². The fourth-order valence-electron chi connectivity index (χ4n) is 10.8. The summed E-state index contributed by atoms with van der Waals surface area (Å²) in [6.45, 7) is 4.52. The fourth-order valence-corrected chi connectivity index (χ4v) is 11.6. The quantitative estimate of drug-likeness (QED) is 0.0211. The van der Waals surface area contributed by atoms with Gasteiger partial charge in [0, 0.05) is 12.8 Å². The Bertz CT molecular complexity index is 1350. The number of phosphoric acid groups is 1. The van der Waals surface area contributed by atoms with Crippen LogP contribution < -0.4 is 0 Å². The third-order valence-corrected chi connectivity index (χ3v) is 17.3. The van der Waals surface area contributed by atoms with E-state index in [0.717, 1.165) is 38.5 Å². The lowest BCUT2D eigenvalue weighted by atomic mass is 10.0. The number of carbonyl (C=O) groups excluding carboxylic acids is 2. The van der Waals surface area contributed by atoms with Gasteiger partial charge in [0.15, 0.2) is 6.10 Å². The Hall–Kier alpha value is -1.25. The molecule has 0 aromatic carbocycles. The standard InChI is InChI=1S/C70H138NO8P/c1-6-8-10-12-14-16-18-20-22-24-26-28-29-30-31-32-33-34-35-36-37-38-39-40-41-43-45-47-49-51-53-55-57-59-61-63-70(73)79-68(67-78-80(74,75)77-65-64-71(3,4)5)66-76-69(72)62-60-58-56-54-52-50-48-46-44-42-27-25-23-21-19-17-15-13-11-9-7-2/h24,26,68H,6-23,25,27-67H2,1-5H3/p+1/b26-24-. The van der Waals surface area contributed by atoms with Crippen molar-refractivity contribution in [1.82, 2.24) is 0 Å². The number of esters is 2. The van der Waals surface area contributed by atoms with Gasteiger partial charge in [-0.2, -0.15) is 0 Å². The van der Waals surface area contributed by atoms with Gasteiger partial charge in [-0.1, -0.05) is 334 Å². The summed E-state index contributed by atoms with van der Waals surface area (Å²) in [4.78, 5) is 35.8. The Labute approximate surface area is 498 Å². The van der Waals surface area contributed by atoms with Crippen LogP contribution in [0.25, 0.3) is 0 Å². The highest BCUT2D eigenvalue weighted by molar-refractivity contribution is 7.47. The number of unbranched alkanes of at least 4 members (excludes halogenated alkanes) is 51. The molecule has 0 saturated carbocycles. The van der Waals surface area contributed by atoms with Crippen LogP contribution in [-0.4, -0.2) is 74.9 Å². The monoisotopic (exact) mass is 1150 g/mol. The van der Waals surface area contributed by atoms with Crippen LogP contribution >= 0.6 is 7.82 Å². The van der Waals surface area contributed by atoms with E-state index < -0.39 is 26.5 Å². The van der Waals surface area contributed by atoms with E-state index in [2.05, 4.69) is 26.0 Å². The predicted molar refractivity (Wildman–Crippen MR) is 345 cm³/mol. The molecular weight excluding hydrogens is 1010 g/mol. The van der Waals surface area contributed by atoms with Gasteiger partial charge in [0.25, 0.3) is 0 Å². The Morgan fingerprint density at radius 2 is 0.637 bits per heavy atom. The summed E-state index contributed by atoms with van der Waals surface area (Å²) in [5.41, 5.74) is 0. The van der Waals surface area contributed by atoms with Gasteiger partial charge in [0.05, 0.1) is 27.7 Å². The van der Waals surface area contributed by atoms with Crippen LogP contribution in [0.4, 0.5) is 0 Å². The number of carbonyl (C=O) groups is 2. The maximum Gasteiger partial charge on any atom is 0.472 e. The molecule has 0 radical (unpaired) electrons. The Kier molecular flexibility index (Phi) is 61.3. The molecule has 0 aromatic heterocycles. The van der Waals surface area contributed by atoms with Crippen LogP contribution in [0, 0.1) is 0 Å². The molecule has 0 heterocycles. The van der Waals surface area contributed by atoms with Crippen molar-refractivity contribution in [2.24, 2.45) is 0 Å². The van der Waals surface area contributed by atoms with Gasteiger partial charge in [-0.3, -0.25) is 18.6 Å². The predicted octanol–water partition coefficient (Wildman–Crippen LogP) is 22.7. The van der Waals surface area contributed by atoms with Gasteiger partial charge >= 0.3 is 19.8 Å². The largest absolute Gasteiger partial charge is 0.472 e. The average Bonchev–Trinajstić information content (AvgIpc) is 3.42. The minimum Gasteiger partial charge on any atom is -0.462 e. The zero-order valence-corrected chi connectivity index (χ0v) is 55.3. The zero-order chi connectivity index (χ0) is 58.4. The van der Waals surface area contributed by atoms with Crippen LogP contribution in [0.15, 0.2) is 12.2 Å². The van der Waals surface area contributed by atoms with Gasteiger partial charge in [-0.05, 0) is 38.5 Å². The van der Waals surface area contributed by atoms with Gasteiger partial charge < -0.3 is 18.9 Å². The summed E-state index contributed by atoms with van der Waals surface area (Å²) in [7, 11) is 1.50. The maximum absolute atomic E-state index is 12.9.